The van der Waals surface area contributed by atoms with E-state index in [4.69, 9.17) is 18.0 Å². The quantitative estimate of drug-likeness (QED) is 0.637. The van der Waals surface area contributed by atoms with Crippen LogP contribution in [0.1, 0.15) is 23.8 Å². The summed E-state index contributed by atoms with van der Waals surface area (Å²) in [7, 11) is 0. The number of thiazole rings is 1. The number of aromatic nitrogens is 1. The van der Waals surface area contributed by atoms with E-state index in [0.29, 0.717) is 21.4 Å². The van der Waals surface area contributed by atoms with Gasteiger partial charge in [0.1, 0.15) is 6.04 Å². The van der Waals surface area contributed by atoms with Crippen molar-refractivity contribution in [2.75, 3.05) is 0 Å². The van der Waals surface area contributed by atoms with Gasteiger partial charge in [-0.3, -0.25) is 9.36 Å². The molecule has 0 saturated carbocycles. The minimum atomic E-state index is -1.21. The van der Waals surface area contributed by atoms with E-state index in [9.17, 15) is 19.8 Å². The van der Waals surface area contributed by atoms with Crippen molar-refractivity contribution >= 4 is 41.5 Å². The maximum Gasteiger partial charge on any atom is 0.326 e. The Morgan fingerprint density at radius 1 is 1.31 bits per heavy atom. The molecular weight excluding hydrogens is 376 g/mol. The molecule has 1 atom stereocenters. The van der Waals surface area contributed by atoms with Gasteiger partial charge in [0.15, 0.2) is 9.78 Å². The first-order valence-corrected chi connectivity index (χ1v) is 8.79. The van der Waals surface area contributed by atoms with E-state index in [-0.39, 0.29) is 22.7 Å². The number of rotatable bonds is 6. The molecule has 0 bridgehead atoms. The monoisotopic (exact) mass is 390 g/mol. The zero-order valence-corrected chi connectivity index (χ0v) is 15.0. The Hall–Kier alpha value is -2.85. The van der Waals surface area contributed by atoms with Crippen molar-refractivity contribution in [3.8, 4) is 5.88 Å². The number of nitrogens with two attached hydrogens (primary N) is 1. The van der Waals surface area contributed by atoms with Gasteiger partial charge in [-0.1, -0.05) is 12.1 Å². The van der Waals surface area contributed by atoms with E-state index < -0.39 is 17.9 Å². The summed E-state index contributed by atoms with van der Waals surface area (Å²) in [5.74, 6) is -1.75. The Bertz CT molecular complexity index is 1060. The van der Waals surface area contributed by atoms with Crippen molar-refractivity contribution in [1.82, 2.24) is 4.57 Å². The van der Waals surface area contributed by atoms with Gasteiger partial charge in [-0.05, 0) is 30.8 Å². The summed E-state index contributed by atoms with van der Waals surface area (Å²) >= 11 is 6.24. The van der Waals surface area contributed by atoms with Crippen LogP contribution in [0.3, 0.4) is 0 Å². The molecule has 1 aromatic heterocycles. The normalized spacial score (nSPS) is 13.5. The number of carboxylic acid groups (broad SMARTS) is 1. The number of nitrogens with zero attached hydrogens (tertiary/aromatic N) is 3. The summed E-state index contributed by atoms with van der Waals surface area (Å²) in [4.78, 5) is 31.5. The highest BCUT2D eigenvalue weighted by molar-refractivity contribution is 7.73. The van der Waals surface area contributed by atoms with E-state index in [2.05, 4.69) is 9.98 Å². The molecule has 8 nitrogen and oxygen atoms in total. The lowest BCUT2D eigenvalue weighted by Gasteiger charge is -2.14. The standard InChI is InChI=1S/C16H14N4O4S2/c17-12(21)6-5-10(15(23)24)20-14(22)11(26-16(20)25)7-13-18-8-3-1-2-4-9(8)19-13/h1-4,7,10,22H,5-6H2,(H2,17,21)(H,23,24). The van der Waals surface area contributed by atoms with Gasteiger partial charge < -0.3 is 15.9 Å². The lowest BCUT2D eigenvalue weighted by Crippen LogP contribution is -2.21. The molecule has 0 saturated heterocycles. The molecule has 3 rings (SSSR count). The Morgan fingerprint density at radius 3 is 2.46 bits per heavy atom. The van der Waals surface area contributed by atoms with Crippen molar-refractivity contribution in [3.63, 3.8) is 0 Å². The second-order valence-electron chi connectivity index (χ2n) is 5.50. The van der Waals surface area contributed by atoms with E-state index in [1.807, 2.05) is 24.3 Å². The Balaban J connectivity index is 1.99. The van der Waals surface area contributed by atoms with Gasteiger partial charge in [-0.15, -0.1) is 11.3 Å². The number of para-hydroxylation sites is 2. The highest BCUT2D eigenvalue weighted by Gasteiger charge is 2.26. The van der Waals surface area contributed by atoms with Crippen LogP contribution < -0.4 is 16.4 Å². The number of hydrogen-bond acceptors (Lipinski definition) is 7. The van der Waals surface area contributed by atoms with Gasteiger partial charge in [-0.2, -0.15) is 0 Å². The number of primary amides is 1. The first-order chi connectivity index (χ1) is 12.4. The topological polar surface area (TPSA) is 130 Å². The number of benzene rings is 1. The highest BCUT2D eigenvalue weighted by atomic mass is 32.1. The third-order valence-corrected chi connectivity index (χ3v) is 5.05. The van der Waals surface area contributed by atoms with Crippen LogP contribution in [0.4, 0.5) is 0 Å². The van der Waals surface area contributed by atoms with Gasteiger partial charge in [0.25, 0.3) is 0 Å². The second kappa shape index (κ2) is 7.18. The largest absolute Gasteiger partial charge is 0.493 e. The molecule has 1 amide bonds. The van der Waals surface area contributed by atoms with Crippen LogP contribution in [0.2, 0.25) is 0 Å². The summed E-state index contributed by atoms with van der Waals surface area (Å²) in [6, 6.07) is 6.13. The minimum absolute atomic E-state index is 0.0700. The fourth-order valence-corrected chi connectivity index (χ4v) is 3.85. The highest BCUT2D eigenvalue weighted by Crippen LogP contribution is 2.33. The summed E-state index contributed by atoms with van der Waals surface area (Å²) in [5, 5.41) is 21.3. The van der Waals surface area contributed by atoms with Gasteiger partial charge in [-0.25, -0.2) is 14.8 Å². The van der Waals surface area contributed by atoms with Crippen molar-refractivity contribution in [1.29, 1.82) is 0 Å². The van der Waals surface area contributed by atoms with E-state index >= 15 is 0 Å². The van der Waals surface area contributed by atoms with Crippen LogP contribution >= 0.6 is 23.6 Å². The van der Waals surface area contributed by atoms with Crippen LogP contribution in [0.15, 0.2) is 40.1 Å². The lowest BCUT2D eigenvalue weighted by atomic mass is 10.1. The Kier molecular flexibility index (Phi) is 4.96. The molecule has 1 unspecified atom stereocenters. The molecule has 0 aliphatic carbocycles. The maximum atomic E-state index is 11.5. The molecule has 0 spiro atoms. The first-order valence-electron chi connectivity index (χ1n) is 7.56. The average molecular weight is 390 g/mol. The molecular formula is C16H14N4O4S2. The number of carboxylic acids is 1. The summed E-state index contributed by atoms with van der Waals surface area (Å²) in [6.45, 7) is 0. The number of hydrogen-bond donors (Lipinski definition) is 3. The molecule has 134 valence electrons. The summed E-state index contributed by atoms with van der Waals surface area (Å²) in [6.07, 6.45) is 1.34. The van der Waals surface area contributed by atoms with Gasteiger partial charge in [0.2, 0.25) is 11.8 Å². The number of amides is 1. The maximum absolute atomic E-state index is 11.5. The van der Waals surface area contributed by atoms with E-state index in [0.717, 1.165) is 15.9 Å². The first kappa shape index (κ1) is 18.0. The molecule has 1 aromatic carbocycles. The molecule has 4 N–H and O–H groups in total. The zero-order valence-electron chi connectivity index (χ0n) is 13.3. The predicted molar refractivity (Wildman–Crippen MR) is 96.6 cm³/mol. The lowest BCUT2D eigenvalue weighted by molar-refractivity contribution is -0.141. The average Bonchev–Trinajstić information content (AvgIpc) is 3.09. The van der Waals surface area contributed by atoms with E-state index in [1.54, 1.807) is 6.08 Å². The third-order valence-electron chi connectivity index (χ3n) is 3.72. The summed E-state index contributed by atoms with van der Waals surface area (Å²) < 4.78 is 1.28. The molecule has 1 aliphatic rings. The fourth-order valence-electron chi connectivity index (χ4n) is 2.51. The van der Waals surface area contributed by atoms with Crippen molar-refractivity contribution in [2.45, 2.75) is 18.9 Å². The molecule has 2 heterocycles. The summed E-state index contributed by atoms with van der Waals surface area (Å²) in [5.41, 5.74) is 5.09. The van der Waals surface area contributed by atoms with Gasteiger partial charge in [0, 0.05) is 12.5 Å². The number of aliphatic carboxylic acids is 1. The van der Waals surface area contributed by atoms with E-state index in [1.165, 1.54) is 0 Å². The zero-order chi connectivity index (χ0) is 18.8. The Labute approximate surface area is 156 Å². The fraction of sp³-hybridized carbons (Fsp3) is 0.188. The van der Waals surface area contributed by atoms with Crippen molar-refractivity contribution < 1.29 is 19.8 Å². The van der Waals surface area contributed by atoms with Gasteiger partial charge in [0.05, 0.1) is 15.6 Å². The molecule has 2 aromatic rings. The van der Waals surface area contributed by atoms with Gasteiger partial charge >= 0.3 is 5.97 Å². The number of carbonyl (C=O) groups excluding carboxylic acids is 1. The van der Waals surface area contributed by atoms with Crippen LogP contribution in [-0.4, -0.2) is 26.7 Å². The van der Waals surface area contributed by atoms with Crippen LogP contribution in [0.5, 0.6) is 5.88 Å². The SMILES string of the molecule is NC(=O)CCC(C(=O)O)n1c(O)c(C=C2N=c3ccccc3=N2)sc1=S. The van der Waals surface area contributed by atoms with Crippen LogP contribution in [0, 0.1) is 3.95 Å². The number of aromatic hydroxyl groups is 1. The van der Waals surface area contributed by atoms with Crippen molar-refractivity contribution in [2.24, 2.45) is 15.7 Å². The predicted octanol–water partition coefficient (Wildman–Crippen LogP) is 1.13. The molecule has 26 heavy (non-hydrogen) atoms. The number of carbonyl (C=O) groups is 2. The smallest absolute Gasteiger partial charge is 0.326 e. The Morgan fingerprint density at radius 2 is 1.92 bits per heavy atom. The minimum Gasteiger partial charge on any atom is -0.493 e. The van der Waals surface area contributed by atoms with Crippen molar-refractivity contribution in [3.05, 3.63) is 49.6 Å². The number of fused-ring (bicyclic) bond motifs is 1. The van der Waals surface area contributed by atoms with Crippen LogP contribution in [-0.2, 0) is 9.59 Å². The van der Waals surface area contributed by atoms with Crippen LogP contribution in [0.25, 0.3) is 6.08 Å². The molecule has 10 heteroatoms. The molecule has 0 radical (unpaired) electrons. The second-order valence-corrected chi connectivity index (χ2v) is 7.18. The molecule has 1 aliphatic heterocycles. The third kappa shape index (κ3) is 3.55. The molecule has 0 fully saturated rings.